The fraction of sp³-hybridized carbons (Fsp3) is 0.648. The molecule has 1 aliphatic heterocycles. The fourth-order valence-electron chi connectivity index (χ4n) is 7.46. The Kier molecular flexibility index (Phi) is 35.8. The summed E-state index contributed by atoms with van der Waals surface area (Å²) in [5.74, 6) is -0.481. The zero-order chi connectivity index (χ0) is 54.9. The second-order valence-electron chi connectivity index (χ2n) is 17.5. The topological polar surface area (TPSA) is 244 Å². The van der Waals surface area contributed by atoms with Crippen molar-refractivity contribution >= 4 is 61.9 Å². The molecule has 0 spiro atoms. The Labute approximate surface area is 459 Å². The van der Waals surface area contributed by atoms with E-state index in [9.17, 15) is 18.0 Å². The molecule has 0 atom stereocenters. The maximum absolute atomic E-state index is 12.4. The quantitative estimate of drug-likeness (QED) is 0.0299. The largest absolute Gasteiger partial charge is 0.399 e. The number of rotatable bonds is 50. The first-order valence-corrected chi connectivity index (χ1v) is 29.1. The Hall–Kier alpha value is -3.89. The van der Waals surface area contributed by atoms with Crippen molar-refractivity contribution in [1.29, 1.82) is 0 Å². The number of nitrogens with zero attached hydrogens (tertiary/aromatic N) is 2. The molecule has 77 heavy (non-hydrogen) atoms. The highest BCUT2D eigenvalue weighted by molar-refractivity contribution is 8.03. The molecule has 1 aliphatic rings. The van der Waals surface area contributed by atoms with Crippen LogP contribution in [0.5, 0.6) is 0 Å². The first-order chi connectivity index (χ1) is 37.6. The van der Waals surface area contributed by atoms with Crippen molar-refractivity contribution in [2.45, 2.75) is 56.4 Å². The molecule has 2 heterocycles. The number of nitrogen functional groups attached to an aromatic ring is 1. The highest BCUT2D eigenvalue weighted by atomic mass is 32.2. The number of ketones is 1. The number of ether oxygens (including phenoxy) is 12. The summed E-state index contributed by atoms with van der Waals surface area (Å²) in [7, 11) is -1.94. The SMILES string of the molecule is CN1C(=Cc2cc[n+](CCCCCC(=O)NCCOCCOCCOCCOCCOCCOCCOCCOCCOCCOCCOCCOCCC(=O)CCCS(=O)(=O)O)c3ccccc23)Sc2cc(N)ccc21. The van der Waals surface area contributed by atoms with Crippen LogP contribution in [0.3, 0.4) is 0 Å². The molecule has 4 rings (SSSR count). The van der Waals surface area contributed by atoms with Gasteiger partial charge in [-0.3, -0.25) is 14.1 Å². The second-order valence-corrected chi connectivity index (χ2v) is 20.2. The molecule has 3 aromatic rings. The van der Waals surface area contributed by atoms with Crippen LogP contribution in [0.15, 0.2) is 64.7 Å². The van der Waals surface area contributed by atoms with Crippen LogP contribution >= 0.6 is 11.8 Å². The van der Waals surface area contributed by atoms with E-state index in [4.69, 9.17) is 67.1 Å². The van der Waals surface area contributed by atoms with Crippen molar-refractivity contribution in [3.05, 3.63) is 65.3 Å². The number of aryl methyl sites for hydroxylation is 1. The lowest BCUT2D eigenvalue weighted by Gasteiger charge is -2.14. The lowest BCUT2D eigenvalue weighted by Crippen LogP contribution is -2.34. The molecule has 4 N–H and O–H groups in total. The molecule has 2 aromatic carbocycles. The van der Waals surface area contributed by atoms with E-state index in [1.54, 1.807) is 11.8 Å². The van der Waals surface area contributed by atoms with E-state index in [0.717, 1.165) is 36.5 Å². The number of carbonyl (C=O) groups excluding carboxylic acids is 2. The first kappa shape index (κ1) is 65.6. The number of amides is 1. The van der Waals surface area contributed by atoms with Crippen molar-refractivity contribution in [2.75, 3.05) is 189 Å². The van der Waals surface area contributed by atoms with E-state index in [-0.39, 0.29) is 37.6 Å². The molecule has 0 saturated heterocycles. The summed E-state index contributed by atoms with van der Waals surface area (Å²) in [4.78, 5) is 27.4. The Balaban J connectivity index is 0.792. The lowest BCUT2D eigenvalue weighted by molar-refractivity contribution is -0.671. The lowest BCUT2D eigenvalue weighted by atomic mass is 10.1. The van der Waals surface area contributed by atoms with Gasteiger partial charge in [0.1, 0.15) is 12.3 Å². The number of unbranched alkanes of at least 4 members (excludes halogenated alkanes) is 2. The Morgan fingerprint density at radius 2 is 1.08 bits per heavy atom. The summed E-state index contributed by atoms with van der Waals surface area (Å²) in [6, 6.07) is 16.8. The van der Waals surface area contributed by atoms with Crippen LogP contribution in [0.25, 0.3) is 17.0 Å². The van der Waals surface area contributed by atoms with Gasteiger partial charge in [0.25, 0.3) is 10.1 Å². The summed E-state index contributed by atoms with van der Waals surface area (Å²) in [5, 5.41) is 5.32. The van der Waals surface area contributed by atoms with Crippen molar-refractivity contribution in [3.63, 3.8) is 0 Å². The van der Waals surface area contributed by atoms with Crippen LogP contribution in [0.1, 0.15) is 50.5 Å². The molecule has 0 aliphatic carbocycles. The Morgan fingerprint density at radius 1 is 0.597 bits per heavy atom. The van der Waals surface area contributed by atoms with Gasteiger partial charge in [0, 0.05) is 62.0 Å². The maximum atomic E-state index is 12.4. The van der Waals surface area contributed by atoms with Crippen LogP contribution in [0, 0.1) is 0 Å². The number of thioether (sulfide) groups is 1. The predicted molar refractivity (Wildman–Crippen MR) is 294 cm³/mol. The molecule has 0 fully saturated rings. The molecular weight excluding hydrogens is 1040 g/mol. The molecule has 0 radical (unpaired) electrons. The Morgan fingerprint density at radius 3 is 1.58 bits per heavy atom. The third-order valence-electron chi connectivity index (χ3n) is 11.5. The summed E-state index contributed by atoms with van der Waals surface area (Å²) in [6.45, 7) is 11.8. The standard InChI is InChI=1S/C54H84N4O17S2/c1-57-51-13-12-47(55)45-52(51)76-54(57)44-46-14-18-58(50-10-5-4-9-49(46)50)17-6-2-3-11-53(60)56-16-20-65-22-24-67-26-28-69-30-32-71-34-36-73-38-40-75-42-41-74-39-37-72-35-33-70-31-29-68-27-25-66-23-21-64-19-15-48(59)8-7-43-77(61,62)63/h4-5,9-10,12-14,18,44-45H,2-3,6-8,11,15-17,19-43,55H2,1H3,(H-,56,60,61,62,63)/p+1. The molecule has 23 heteroatoms. The van der Waals surface area contributed by atoms with Gasteiger partial charge in [-0.05, 0) is 55.2 Å². The van der Waals surface area contributed by atoms with Crippen molar-refractivity contribution in [1.82, 2.24) is 5.32 Å². The minimum absolute atomic E-state index is 0.0457. The summed E-state index contributed by atoms with van der Waals surface area (Å²) in [6.07, 6.45) is 8.09. The molecule has 1 aromatic heterocycles. The zero-order valence-corrected chi connectivity index (χ0v) is 46.7. The summed E-state index contributed by atoms with van der Waals surface area (Å²) < 4.78 is 98.2. The van der Waals surface area contributed by atoms with E-state index >= 15 is 0 Å². The number of benzene rings is 2. The first-order valence-electron chi connectivity index (χ1n) is 26.7. The number of carbonyl (C=O) groups is 2. The number of nitrogens with two attached hydrogens (primary N) is 1. The van der Waals surface area contributed by atoms with E-state index in [2.05, 4.69) is 70.5 Å². The van der Waals surface area contributed by atoms with Crippen molar-refractivity contribution < 1.29 is 84.0 Å². The number of para-hydroxylation sites is 1. The van der Waals surface area contributed by atoms with Gasteiger partial charge in [0.2, 0.25) is 11.4 Å². The number of pyridine rings is 1. The monoisotopic (exact) mass is 1130 g/mol. The normalized spacial score (nSPS) is 13.1. The van der Waals surface area contributed by atoms with Gasteiger partial charge in [-0.1, -0.05) is 23.9 Å². The average molecular weight is 1130 g/mol. The van der Waals surface area contributed by atoms with E-state index < -0.39 is 15.9 Å². The van der Waals surface area contributed by atoms with Crippen molar-refractivity contribution in [2.24, 2.45) is 0 Å². The highest BCUT2D eigenvalue weighted by Gasteiger charge is 2.23. The number of hydrogen-bond acceptors (Lipinski definition) is 19. The third-order valence-corrected chi connectivity index (χ3v) is 13.4. The summed E-state index contributed by atoms with van der Waals surface area (Å²) >= 11 is 1.74. The average Bonchev–Trinajstić information content (AvgIpc) is 3.73. The van der Waals surface area contributed by atoms with Gasteiger partial charge in [-0.15, -0.1) is 0 Å². The number of nitrogens with one attached hydrogen (secondary N) is 1. The fourth-order valence-corrected chi connectivity index (χ4v) is 9.12. The molecular formula is C54H85N4O17S2+. The zero-order valence-electron chi connectivity index (χ0n) is 45.1. The Bertz CT molecular complexity index is 2210. The molecule has 0 bridgehead atoms. The van der Waals surface area contributed by atoms with Gasteiger partial charge < -0.3 is 72.8 Å². The number of fused-ring (bicyclic) bond motifs is 2. The molecule has 1 amide bonds. The van der Waals surface area contributed by atoms with Crippen LogP contribution in [-0.4, -0.2) is 203 Å². The van der Waals surface area contributed by atoms with Gasteiger partial charge in [-0.2, -0.15) is 13.0 Å². The van der Waals surface area contributed by atoms with Crippen LogP contribution in [0.4, 0.5) is 11.4 Å². The van der Waals surface area contributed by atoms with Crippen LogP contribution < -0.4 is 20.5 Å². The summed E-state index contributed by atoms with van der Waals surface area (Å²) in [5.41, 5.74) is 10.3. The number of hydrogen-bond donors (Lipinski definition) is 3. The number of aromatic nitrogens is 1. The van der Waals surface area contributed by atoms with Crippen LogP contribution in [-0.2, 0) is 83.1 Å². The predicted octanol–water partition coefficient (Wildman–Crippen LogP) is 4.75. The van der Waals surface area contributed by atoms with E-state index in [0.29, 0.717) is 165 Å². The molecule has 434 valence electrons. The second kappa shape index (κ2) is 42.1. The van der Waals surface area contributed by atoms with Gasteiger partial charge in [0.15, 0.2) is 6.20 Å². The van der Waals surface area contributed by atoms with Gasteiger partial charge in [0.05, 0.1) is 180 Å². The smallest absolute Gasteiger partial charge is 0.264 e. The van der Waals surface area contributed by atoms with E-state index in [1.807, 2.05) is 12.1 Å². The highest BCUT2D eigenvalue weighted by Crippen LogP contribution is 2.46. The third kappa shape index (κ3) is 31.5. The number of Topliss-reactive ketones (excluding diaryl/α,β-unsaturated/α-hetero) is 1. The molecule has 0 unspecified atom stereocenters. The van der Waals surface area contributed by atoms with E-state index in [1.165, 1.54) is 27.0 Å². The van der Waals surface area contributed by atoms with Crippen molar-refractivity contribution in [3.8, 4) is 0 Å². The van der Waals surface area contributed by atoms with Gasteiger partial charge in [-0.25, -0.2) is 0 Å². The molecule has 21 nitrogen and oxygen atoms in total. The molecule has 0 saturated carbocycles. The maximum Gasteiger partial charge on any atom is 0.264 e. The minimum atomic E-state index is -4.03. The van der Waals surface area contributed by atoms with Gasteiger partial charge >= 0.3 is 0 Å². The van der Waals surface area contributed by atoms with Crippen LogP contribution in [0.2, 0.25) is 0 Å². The number of anilines is 2. The minimum Gasteiger partial charge on any atom is -0.399 e.